The van der Waals surface area contributed by atoms with E-state index < -0.39 is 0 Å². The predicted molar refractivity (Wildman–Crippen MR) is 67.8 cm³/mol. The zero-order valence-electron chi connectivity index (χ0n) is 10.2. The first-order valence-electron chi connectivity index (χ1n) is 5.77. The van der Waals surface area contributed by atoms with E-state index in [2.05, 4.69) is 0 Å². The van der Waals surface area contributed by atoms with E-state index in [1.54, 1.807) is 24.3 Å². The largest absolute Gasteiger partial charge is 0.488 e. The lowest BCUT2D eigenvalue weighted by atomic mass is 10.1. The van der Waals surface area contributed by atoms with Crippen LogP contribution in [0.5, 0.6) is 5.75 Å². The zero-order valence-corrected chi connectivity index (χ0v) is 10.2. The number of rotatable bonds is 4. The molecule has 0 saturated heterocycles. The second-order valence-electron chi connectivity index (χ2n) is 4.15. The molecule has 0 aliphatic carbocycles. The van der Waals surface area contributed by atoms with E-state index in [4.69, 9.17) is 4.74 Å². The molecule has 0 spiro atoms. The third-order valence-corrected chi connectivity index (χ3v) is 2.73. The van der Waals surface area contributed by atoms with Gasteiger partial charge in [-0.1, -0.05) is 35.9 Å². The minimum Gasteiger partial charge on any atom is -0.488 e. The Morgan fingerprint density at radius 3 is 2.61 bits per heavy atom. The zero-order chi connectivity index (χ0) is 13.0. The monoisotopic (exact) mass is 246 g/mol. The van der Waals surface area contributed by atoms with E-state index in [9.17, 15) is 9.50 Å². The van der Waals surface area contributed by atoms with E-state index in [1.165, 1.54) is 6.07 Å². The van der Waals surface area contributed by atoms with Crippen molar-refractivity contribution in [2.75, 3.05) is 0 Å². The standard InChI is InChI=1S/C15H15FO2/c1-11-6-7-15(13(8-11)9-17)18-10-12-4-2-3-5-14(12)16/h2-8,17H,9-10H2,1H3. The minimum absolute atomic E-state index is 0.0890. The summed E-state index contributed by atoms with van der Waals surface area (Å²) in [4.78, 5) is 0. The van der Waals surface area contributed by atoms with Gasteiger partial charge in [0.2, 0.25) is 0 Å². The van der Waals surface area contributed by atoms with Gasteiger partial charge in [0, 0.05) is 11.1 Å². The number of aliphatic hydroxyl groups excluding tert-OH is 1. The van der Waals surface area contributed by atoms with Gasteiger partial charge in [0.25, 0.3) is 0 Å². The highest BCUT2D eigenvalue weighted by molar-refractivity contribution is 5.36. The van der Waals surface area contributed by atoms with E-state index in [0.717, 1.165) is 5.56 Å². The Kier molecular flexibility index (Phi) is 3.95. The molecule has 0 bridgehead atoms. The molecule has 94 valence electrons. The number of aryl methyl sites for hydroxylation is 1. The second-order valence-corrected chi connectivity index (χ2v) is 4.15. The molecular weight excluding hydrogens is 231 g/mol. The highest BCUT2D eigenvalue weighted by atomic mass is 19.1. The molecule has 1 N–H and O–H groups in total. The van der Waals surface area contributed by atoms with Crippen LogP contribution in [0, 0.1) is 12.7 Å². The van der Waals surface area contributed by atoms with Crippen molar-refractivity contribution in [2.24, 2.45) is 0 Å². The normalized spacial score (nSPS) is 10.4. The fourth-order valence-corrected chi connectivity index (χ4v) is 1.74. The average molecular weight is 246 g/mol. The molecule has 2 rings (SSSR count). The van der Waals surface area contributed by atoms with Gasteiger partial charge in [-0.3, -0.25) is 0 Å². The first-order valence-corrected chi connectivity index (χ1v) is 5.77. The van der Waals surface area contributed by atoms with Gasteiger partial charge >= 0.3 is 0 Å². The maximum atomic E-state index is 13.4. The summed E-state index contributed by atoms with van der Waals surface area (Å²) in [5.41, 5.74) is 2.27. The van der Waals surface area contributed by atoms with Gasteiger partial charge < -0.3 is 9.84 Å². The molecule has 0 heterocycles. The number of ether oxygens (including phenoxy) is 1. The molecule has 2 aromatic rings. The van der Waals surface area contributed by atoms with Crippen molar-refractivity contribution in [3.05, 3.63) is 65.0 Å². The molecular formula is C15H15FO2. The number of halogens is 1. The predicted octanol–water partition coefficient (Wildman–Crippen LogP) is 3.21. The molecule has 0 fully saturated rings. The SMILES string of the molecule is Cc1ccc(OCc2ccccc2F)c(CO)c1. The lowest BCUT2D eigenvalue weighted by Crippen LogP contribution is -2.01. The summed E-state index contributed by atoms with van der Waals surface area (Å²) in [7, 11) is 0. The van der Waals surface area contributed by atoms with Crippen LogP contribution >= 0.6 is 0 Å². The van der Waals surface area contributed by atoms with Gasteiger partial charge in [0.15, 0.2) is 0 Å². The molecule has 0 radical (unpaired) electrons. The van der Waals surface area contributed by atoms with Gasteiger partial charge in [0.05, 0.1) is 6.61 Å². The lowest BCUT2D eigenvalue weighted by molar-refractivity contribution is 0.257. The Morgan fingerprint density at radius 2 is 1.89 bits per heavy atom. The first kappa shape index (κ1) is 12.6. The van der Waals surface area contributed by atoms with Crippen LogP contribution in [0.1, 0.15) is 16.7 Å². The Morgan fingerprint density at radius 1 is 1.11 bits per heavy atom. The smallest absolute Gasteiger partial charge is 0.129 e. The van der Waals surface area contributed by atoms with Gasteiger partial charge in [-0.2, -0.15) is 0 Å². The molecule has 0 saturated carbocycles. The molecule has 0 atom stereocenters. The lowest BCUT2D eigenvalue weighted by Gasteiger charge is -2.11. The van der Waals surface area contributed by atoms with Gasteiger partial charge in [0.1, 0.15) is 18.2 Å². The fourth-order valence-electron chi connectivity index (χ4n) is 1.74. The molecule has 18 heavy (non-hydrogen) atoms. The Balaban J connectivity index is 2.13. The van der Waals surface area contributed by atoms with Crippen LogP contribution in [0.4, 0.5) is 4.39 Å². The maximum absolute atomic E-state index is 13.4. The van der Waals surface area contributed by atoms with Crippen LogP contribution in [-0.4, -0.2) is 5.11 Å². The van der Waals surface area contributed by atoms with Crippen molar-refractivity contribution in [1.29, 1.82) is 0 Å². The fraction of sp³-hybridized carbons (Fsp3) is 0.200. The Hall–Kier alpha value is -1.87. The van der Waals surface area contributed by atoms with Crippen molar-refractivity contribution in [3.8, 4) is 5.75 Å². The molecule has 0 amide bonds. The Bertz CT molecular complexity index is 538. The second kappa shape index (κ2) is 5.65. The summed E-state index contributed by atoms with van der Waals surface area (Å²) in [6, 6.07) is 12.0. The third-order valence-electron chi connectivity index (χ3n) is 2.73. The van der Waals surface area contributed by atoms with Crippen LogP contribution in [0.15, 0.2) is 42.5 Å². The molecule has 0 aliphatic rings. The summed E-state index contributed by atoms with van der Waals surface area (Å²) < 4.78 is 19.0. The molecule has 0 unspecified atom stereocenters. The summed E-state index contributed by atoms with van der Waals surface area (Å²) in [5, 5.41) is 9.24. The van der Waals surface area contributed by atoms with Crippen LogP contribution in [0.25, 0.3) is 0 Å². The van der Waals surface area contributed by atoms with Crippen LogP contribution in [0.3, 0.4) is 0 Å². The molecule has 2 nitrogen and oxygen atoms in total. The quantitative estimate of drug-likeness (QED) is 0.897. The van der Waals surface area contributed by atoms with Crippen molar-refractivity contribution in [3.63, 3.8) is 0 Å². The van der Waals surface area contributed by atoms with Crippen LogP contribution < -0.4 is 4.74 Å². The summed E-state index contributed by atoms with van der Waals surface area (Å²) in [6.45, 7) is 2.01. The molecule has 0 aliphatic heterocycles. The van der Waals surface area contributed by atoms with E-state index in [1.807, 2.05) is 19.1 Å². The van der Waals surface area contributed by atoms with Crippen molar-refractivity contribution >= 4 is 0 Å². The molecule has 2 aromatic carbocycles. The number of hydrogen-bond acceptors (Lipinski definition) is 2. The summed E-state index contributed by atoms with van der Waals surface area (Å²) >= 11 is 0. The van der Waals surface area contributed by atoms with Gasteiger partial charge in [-0.15, -0.1) is 0 Å². The highest BCUT2D eigenvalue weighted by Gasteiger charge is 2.05. The summed E-state index contributed by atoms with van der Waals surface area (Å²) in [6.07, 6.45) is 0. The number of hydrogen-bond donors (Lipinski definition) is 1. The van der Waals surface area contributed by atoms with Gasteiger partial charge in [-0.25, -0.2) is 4.39 Å². The molecule has 0 aromatic heterocycles. The topological polar surface area (TPSA) is 29.5 Å². The molecule has 3 heteroatoms. The van der Waals surface area contributed by atoms with Crippen molar-refractivity contribution in [2.45, 2.75) is 20.1 Å². The highest BCUT2D eigenvalue weighted by Crippen LogP contribution is 2.21. The van der Waals surface area contributed by atoms with Crippen LogP contribution in [-0.2, 0) is 13.2 Å². The van der Waals surface area contributed by atoms with E-state index in [0.29, 0.717) is 16.9 Å². The van der Waals surface area contributed by atoms with Crippen molar-refractivity contribution in [1.82, 2.24) is 0 Å². The van der Waals surface area contributed by atoms with Crippen LogP contribution in [0.2, 0.25) is 0 Å². The van der Waals surface area contributed by atoms with E-state index in [-0.39, 0.29) is 19.0 Å². The third kappa shape index (κ3) is 2.87. The summed E-state index contributed by atoms with van der Waals surface area (Å²) in [5.74, 6) is 0.307. The van der Waals surface area contributed by atoms with Crippen molar-refractivity contribution < 1.29 is 14.2 Å². The minimum atomic E-state index is -0.282. The van der Waals surface area contributed by atoms with Gasteiger partial charge in [-0.05, 0) is 19.1 Å². The van der Waals surface area contributed by atoms with E-state index >= 15 is 0 Å². The number of aliphatic hydroxyl groups is 1. The first-order chi connectivity index (χ1) is 8.70. The maximum Gasteiger partial charge on any atom is 0.129 e. The number of benzene rings is 2. The Labute approximate surface area is 106 Å². The average Bonchev–Trinajstić information content (AvgIpc) is 2.39.